The third-order valence-corrected chi connectivity index (χ3v) is 4.92. The molecule has 136 valence electrons. The molecule has 0 fully saturated rings. The van der Waals surface area contributed by atoms with Crippen LogP contribution in [0, 0.1) is 26.6 Å². The number of hydrogen-bond acceptors (Lipinski definition) is 3. The summed E-state index contributed by atoms with van der Waals surface area (Å²) in [6, 6.07) is 7.53. The Labute approximate surface area is 153 Å². The fourth-order valence-corrected chi connectivity index (χ4v) is 3.38. The smallest absolute Gasteiger partial charge is 0.234 e. The predicted octanol–water partition coefficient (Wildman–Crippen LogP) is 3.87. The Kier molecular flexibility index (Phi) is 4.57. The number of anilines is 1. The molecule has 0 saturated carbocycles. The quantitative estimate of drug-likeness (QED) is 0.669. The number of benzene rings is 2. The zero-order valence-corrected chi connectivity index (χ0v) is 16.4. The Hall–Kier alpha value is -2.69. The molecule has 4 nitrogen and oxygen atoms in total. The molecule has 0 N–H and O–H groups in total. The van der Waals surface area contributed by atoms with Crippen molar-refractivity contribution in [1.29, 1.82) is 0 Å². The van der Waals surface area contributed by atoms with Crippen LogP contribution in [-0.4, -0.2) is 26.2 Å². The van der Waals surface area contributed by atoms with E-state index in [9.17, 15) is 4.39 Å². The maximum atomic E-state index is 14.0. The van der Waals surface area contributed by atoms with Gasteiger partial charge in [0.25, 0.3) is 0 Å². The second-order valence-electron chi connectivity index (χ2n) is 6.91. The van der Waals surface area contributed by atoms with E-state index in [4.69, 9.17) is 4.74 Å². The summed E-state index contributed by atoms with van der Waals surface area (Å²) in [6.45, 7) is 5.78. The first-order valence-electron chi connectivity index (χ1n) is 8.57. The summed E-state index contributed by atoms with van der Waals surface area (Å²) in [4.78, 5) is 6.72. The summed E-state index contributed by atoms with van der Waals surface area (Å²) in [7, 11) is 7.69. The Morgan fingerprint density at radius 1 is 1.08 bits per heavy atom. The lowest BCUT2D eigenvalue weighted by Crippen LogP contribution is -2.34. The van der Waals surface area contributed by atoms with E-state index in [1.165, 1.54) is 6.07 Å². The van der Waals surface area contributed by atoms with Crippen LogP contribution in [0.25, 0.3) is 22.3 Å². The van der Waals surface area contributed by atoms with E-state index >= 15 is 0 Å². The Balaban J connectivity index is 2.39. The largest absolute Gasteiger partial charge is 0.496 e. The minimum Gasteiger partial charge on any atom is -0.496 e. The number of halogens is 1. The molecule has 0 bridgehead atoms. The van der Waals surface area contributed by atoms with Crippen LogP contribution in [0.5, 0.6) is 5.75 Å². The van der Waals surface area contributed by atoms with Gasteiger partial charge in [0.15, 0.2) is 0 Å². The summed E-state index contributed by atoms with van der Waals surface area (Å²) < 4.78 is 21.7. The van der Waals surface area contributed by atoms with Gasteiger partial charge in [0, 0.05) is 43.5 Å². The van der Waals surface area contributed by atoms with Crippen molar-refractivity contribution in [1.82, 2.24) is 4.98 Å². The van der Waals surface area contributed by atoms with E-state index in [-0.39, 0.29) is 5.82 Å². The minimum atomic E-state index is -0.232. The summed E-state index contributed by atoms with van der Waals surface area (Å²) in [5.41, 5.74) is 7.19. The molecule has 0 amide bonds. The van der Waals surface area contributed by atoms with Crippen molar-refractivity contribution in [2.75, 3.05) is 26.1 Å². The molecule has 0 unspecified atom stereocenters. The summed E-state index contributed by atoms with van der Waals surface area (Å²) in [5.74, 6) is 0.602. The lowest BCUT2D eigenvalue weighted by Gasteiger charge is -2.18. The topological polar surface area (TPSA) is 29.2 Å². The van der Waals surface area contributed by atoms with Gasteiger partial charge in [-0.25, -0.2) is 9.37 Å². The highest BCUT2D eigenvalue weighted by Gasteiger charge is 2.24. The van der Waals surface area contributed by atoms with E-state index in [0.29, 0.717) is 11.1 Å². The number of aromatic nitrogens is 2. The molecule has 26 heavy (non-hydrogen) atoms. The fraction of sp³-hybridized carbons (Fsp3) is 0.333. The van der Waals surface area contributed by atoms with Crippen molar-refractivity contribution in [3.63, 3.8) is 0 Å². The highest BCUT2D eigenvalue weighted by atomic mass is 19.1. The van der Waals surface area contributed by atoms with Crippen molar-refractivity contribution in [3.8, 4) is 17.0 Å². The zero-order chi connectivity index (χ0) is 19.2. The first kappa shape index (κ1) is 18.1. The average molecular weight is 354 g/mol. The molecule has 0 aliphatic carbocycles. The molecule has 1 aromatic heterocycles. The SMILES string of the molecule is COc1cc(N(C)C)cc(-c2c(C)nc3cc(F)c(C)cc3[n+]2C)c1C. The molecule has 2 aromatic carbocycles. The third kappa shape index (κ3) is 2.87. The summed E-state index contributed by atoms with van der Waals surface area (Å²) in [6.07, 6.45) is 0. The van der Waals surface area contributed by atoms with E-state index in [1.807, 2.05) is 47.1 Å². The van der Waals surface area contributed by atoms with Gasteiger partial charge in [-0.05, 0) is 32.4 Å². The number of rotatable bonds is 3. The lowest BCUT2D eigenvalue weighted by molar-refractivity contribution is -0.634. The van der Waals surface area contributed by atoms with Crippen molar-refractivity contribution in [2.24, 2.45) is 7.05 Å². The van der Waals surface area contributed by atoms with Crippen LogP contribution in [0.4, 0.5) is 10.1 Å². The van der Waals surface area contributed by atoms with Crippen LogP contribution in [0.15, 0.2) is 24.3 Å². The van der Waals surface area contributed by atoms with Gasteiger partial charge in [-0.2, -0.15) is 4.57 Å². The van der Waals surface area contributed by atoms with Crippen LogP contribution in [0.2, 0.25) is 0 Å². The van der Waals surface area contributed by atoms with Gasteiger partial charge in [0.2, 0.25) is 11.2 Å². The first-order chi connectivity index (χ1) is 12.2. The number of aryl methyl sites for hydroxylation is 3. The molecular formula is C21H25FN3O+. The molecule has 0 spiro atoms. The van der Waals surface area contributed by atoms with Crippen molar-refractivity contribution >= 4 is 16.7 Å². The molecule has 0 aliphatic rings. The van der Waals surface area contributed by atoms with Gasteiger partial charge in [-0.3, -0.25) is 0 Å². The second-order valence-corrected chi connectivity index (χ2v) is 6.91. The Morgan fingerprint density at radius 3 is 2.38 bits per heavy atom. The monoisotopic (exact) mass is 354 g/mol. The van der Waals surface area contributed by atoms with E-state index in [2.05, 4.69) is 20.5 Å². The van der Waals surface area contributed by atoms with Crippen molar-refractivity contribution in [2.45, 2.75) is 20.8 Å². The number of ether oxygens (including phenoxy) is 1. The lowest BCUT2D eigenvalue weighted by atomic mass is 10.0. The molecule has 0 atom stereocenters. The normalized spacial score (nSPS) is 11.1. The maximum absolute atomic E-state index is 14.0. The summed E-state index contributed by atoms with van der Waals surface area (Å²) in [5, 5.41) is 0. The van der Waals surface area contributed by atoms with E-state index in [1.54, 1.807) is 14.0 Å². The first-order valence-corrected chi connectivity index (χ1v) is 8.57. The number of nitrogens with zero attached hydrogens (tertiary/aromatic N) is 3. The highest BCUT2D eigenvalue weighted by molar-refractivity contribution is 5.77. The zero-order valence-electron chi connectivity index (χ0n) is 16.4. The van der Waals surface area contributed by atoms with Gasteiger partial charge in [-0.15, -0.1) is 0 Å². The van der Waals surface area contributed by atoms with Crippen LogP contribution in [0.1, 0.15) is 16.8 Å². The summed E-state index contributed by atoms with van der Waals surface area (Å²) >= 11 is 0. The average Bonchev–Trinajstić information content (AvgIpc) is 2.58. The number of methoxy groups -OCH3 is 1. The van der Waals surface area contributed by atoms with Crippen LogP contribution >= 0.6 is 0 Å². The van der Waals surface area contributed by atoms with Gasteiger partial charge in [0.1, 0.15) is 29.8 Å². The van der Waals surface area contributed by atoms with Gasteiger partial charge in [-0.1, -0.05) is 0 Å². The molecule has 1 heterocycles. The maximum Gasteiger partial charge on any atom is 0.234 e. The fourth-order valence-electron chi connectivity index (χ4n) is 3.38. The van der Waals surface area contributed by atoms with Crippen LogP contribution in [0.3, 0.4) is 0 Å². The third-order valence-electron chi connectivity index (χ3n) is 4.92. The minimum absolute atomic E-state index is 0.232. The molecular weight excluding hydrogens is 329 g/mol. The molecule has 0 saturated heterocycles. The van der Waals surface area contributed by atoms with Gasteiger partial charge >= 0.3 is 0 Å². The number of hydrogen-bond donors (Lipinski definition) is 0. The van der Waals surface area contributed by atoms with Crippen molar-refractivity contribution < 1.29 is 13.7 Å². The standard InChI is InChI=1S/C21H25FN3O/c1-12-8-19-18(11-17(12)22)23-14(3)21(25(19)6)16-9-15(24(4)5)10-20(26-7)13(16)2/h8-11H,1-7H3/q+1. The van der Waals surface area contributed by atoms with Crippen molar-refractivity contribution in [3.05, 3.63) is 46.9 Å². The molecule has 3 aromatic rings. The van der Waals surface area contributed by atoms with Crippen LogP contribution in [-0.2, 0) is 7.05 Å². The molecule has 5 heteroatoms. The van der Waals surface area contributed by atoms with Gasteiger partial charge < -0.3 is 9.64 Å². The predicted molar refractivity (Wildman–Crippen MR) is 103 cm³/mol. The number of fused-ring (bicyclic) bond motifs is 1. The molecule has 3 rings (SSSR count). The molecule has 0 radical (unpaired) electrons. The molecule has 0 aliphatic heterocycles. The Bertz CT molecular complexity index is 1010. The van der Waals surface area contributed by atoms with E-state index in [0.717, 1.165) is 39.5 Å². The second kappa shape index (κ2) is 6.56. The Morgan fingerprint density at radius 2 is 1.77 bits per heavy atom. The van der Waals surface area contributed by atoms with Crippen LogP contribution < -0.4 is 14.2 Å². The highest BCUT2D eigenvalue weighted by Crippen LogP contribution is 2.35. The van der Waals surface area contributed by atoms with Gasteiger partial charge in [0.05, 0.1) is 12.7 Å². The van der Waals surface area contributed by atoms with E-state index < -0.39 is 0 Å².